The summed E-state index contributed by atoms with van der Waals surface area (Å²) in [6.07, 6.45) is 7.92. The van der Waals surface area contributed by atoms with Crippen LogP contribution in [0.4, 0.5) is 11.8 Å². The predicted molar refractivity (Wildman–Crippen MR) is 87.5 cm³/mol. The van der Waals surface area contributed by atoms with Crippen LogP contribution in [0.5, 0.6) is 0 Å². The zero-order valence-electron chi connectivity index (χ0n) is 13.1. The first-order valence-corrected chi connectivity index (χ1v) is 8.33. The highest BCUT2D eigenvalue weighted by Gasteiger charge is 2.23. The molecule has 0 radical (unpaired) electrons. The Kier molecular flexibility index (Phi) is 4.06. The highest BCUT2D eigenvalue weighted by molar-refractivity contribution is 5.52. The summed E-state index contributed by atoms with van der Waals surface area (Å²) in [5.41, 5.74) is 2.41. The lowest BCUT2D eigenvalue weighted by molar-refractivity contribution is 0.608. The molecule has 1 aliphatic carbocycles. The van der Waals surface area contributed by atoms with E-state index in [0.29, 0.717) is 6.04 Å². The summed E-state index contributed by atoms with van der Waals surface area (Å²) in [7, 11) is 0. The fourth-order valence-corrected chi connectivity index (χ4v) is 2.81. The van der Waals surface area contributed by atoms with E-state index in [1.54, 1.807) is 6.20 Å². The zero-order chi connectivity index (χ0) is 15.5. The molecule has 1 fully saturated rings. The van der Waals surface area contributed by atoms with Crippen LogP contribution < -0.4 is 16.0 Å². The first kappa shape index (κ1) is 14.4. The second kappa shape index (κ2) is 6.49. The van der Waals surface area contributed by atoms with Crippen molar-refractivity contribution in [3.05, 3.63) is 23.7 Å². The van der Waals surface area contributed by atoms with Gasteiger partial charge in [0.1, 0.15) is 5.82 Å². The maximum Gasteiger partial charge on any atom is 0.225 e. The summed E-state index contributed by atoms with van der Waals surface area (Å²) in [5.74, 6) is 1.72. The molecule has 2 aromatic heterocycles. The standard InChI is InChI=1S/C15H22N8/c1-2-11(1)19-15-20-13-4-6-16-5-3-12(13)14(21-15)17-7-9-23-10-8-18-22-23/h8,10-11,16H,1-7,9H2,(H2,17,19,20,21). The maximum atomic E-state index is 4.74. The van der Waals surface area contributed by atoms with Crippen molar-refractivity contribution in [2.75, 3.05) is 30.3 Å². The Hall–Kier alpha value is -2.22. The Bertz CT molecular complexity index is 650. The van der Waals surface area contributed by atoms with Gasteiger partial charge < -0.3 is 16.0 Å². The summed E-state index contributed by atoms with van der Waals surface area (Å²) >= 11 is 0. The first-order valence-electron chi connectivity index (χ1n) is 8.33. The van der Waals surface area contributed by atoms with Crippen LogP contribution in [-0.4, -0.2) is 50.6 Å². The molecule has 0 spiro atoms. The molecule has 1 aliphatic heterocycles. The number of fused-ring (bicyclic) bond motifs is 1. The van der Waals surface area contributed by atoms with Crippen LogP contribution in [-0.2, 0) is 19.4 Å². The van der Waals surface area contributed by atoms with E-state index in [2.05, 4.69) is 26.3 Å². The minimum Gasteiger partial charge on any atom is -0.368 e. The van der Waals surface area contributed by atoms with Gasteiger partial charge in [0.15, 0.2) is 0 Å². The van der Waals surface area contributed by atoms with Gasteiger partial charge in [0.05, 0.1) is 18.4 Å². The molecule has 2 aliphatic rings. The van der Waals surface area contributed by atoms with Gasteiger partial charge in [0, 0.05) is 37.3 Å². The number of nitrogens with zero attached hydrogens (tertiary/aromatic N) is 5. The fourth-order valence-electron chi connectivity index (χ4n) is 2.81. The van der Waals surface area contributed by atoms with Crippen LogP contribution in [0.15, 0.2) is 12.4 Å². The van der Waals surface area contributed by atoms with Crippen LogP contribution >= 0.6 is 0 Å². The van der Waals surface area contributed by atoms with Crippen molar-refractivity contribution in [2.24, 2.45) is 0 Å². The summed E-state index contributed by atoms with van der Waals surface area (Å²) in [6.45, 7) is 3.49. The molecule has 8 heteroatoms. The lowest BCUT2D eigenvalue weighted by atomic mass is 10.1. The van der Waals surface area contributed by atoms with Gasteiger partial charge in [0.2, 0.25) is 5.95 Å². The van der Waals surface area contributed by atoms with Crippen LogP contribution in [0.1, 0.15) is 24.1 Å². The van der Waals surface area contributed by atoms with Crippen molar-refractivity contribution in [1.29, 1.82) is 0 Å². The quantitative estimate of drug-likeness (QED) is 0.712. The van der Waals surface area contributed by atoms with E-state index in [0.717, 1.165) is 56.5 Å². The molecule has 23 heavy (non-hydrogen) atoms. The van der Waals surface area contributed by atoms with Crippen molar-refractivity contribution in [3.63, 3.8) is 0 Å². The van der Waals surface area contributed by atoms with Gasteiger partial charge in [-0.2, -0.15) is 4.98 Å². The number of anilines is 2. The molecule has 3 N–H and O–H groups in total. The predicted octanol–water partition coefficient (Wildman–Crippen LogP) is 0.443. The number of hydrogen-bond acceptors (Lipinski definition) is 7. The SMILES string of the molecule is c1cn(CCNc2nc(NC3CC3)nc3c2CCNCC3)nn1. The maximum absolute atomic E-state index is 4.74. The van der Waals surface area contributed by atoms with Crippen LogP contribution in [0.25, 0.3) is 0 Å². The summed E-state index contributed by atoms with van der Waals surface area (Å²) in [4.78, 5) is 9.46. The number of aromatic nitrogens is 5. The number of hydrogen-bond donors (Lipinski definition) is 3. The van der Waals surface area contributed by atoms with Crippen molar-refractivity contribution in [2.45, 2.75) is 38.3 Å². The fraction of sp³-hybridized carbons (Fsp3) is 0.600. The van der Waals surface area contributed by atoms with Gasteiger partial charge in [-0.05, 0) is 25.8 Å². The van der Waals surface area contributed by atoms with Crippen molar-refractivity contribution in [3.8, 4) is 0 Å². The van der Waals surface area contributed by atoms with Crippen molar-refractivity contribution in [1.82, 2.24) is 30.3 Å². The van der Waals surface area contributed by atoms with Crippen LogP contribution in [0, 0.1) is 0 Å². The van der Waals surface area contributed by atoms with Crippen LogP contribution in [0.2, 0.25) is 0 Å². The minimum atomic E-state index is 0.556. The third kappa shape index (κ3) is 3.58. The van der Waals surface area contributed by atoms with Gasteiger partial charge in [-0.1, -0.05) is 5.21 Å². The largest absolute Gasteiger partial charge is 0.368 e. The van der Waals surface area contributed by atoms with E-state index in [1.807, 2.05) is 10.9 Å². The molecule has 4 rings (SSSR count). The van der Waals surface area contributed by atoms with Crippen molar-refractivity contribution < 1.29 is 0 Å². The first-order chi connectivity index (χ1) is 11.4. The molecule has 0 bridgehead atoms. The second-order valence-electron chi connectivity index (χ2n) is 6.08. The Morgan fingerprint density at radius 1 is 1.22 bits per heavy atom. The zero-order valence-corrected chi connectivity index (χ0v) is 13.1. The third-order valence-electron chi connectivity index (χ3n) is 4.20. The molecule has 2 aromatic rings. The highest BCUT2D eigenvalue weighted by atomic mass is 15.4. The van der Waals surface area contributed by atoms with Crippen LogP contribution in [0.3, 0.4) is 0 Å². The molecule has 0 amide bonds. The monoisotopic (exact) mass is 314 g/mol. The Morgan fingerprint density at radius 2 is 2.13 bits per heavy atom. The van der Waals surface area contributed by atoms with E-state index in [-0.39, 0.29) is 0 Å². The van der Waals surface area contributed by atoms with Gasteiger partial charge in [-0.3, -0.25) is 4.68 Å². The van der Waals surface area contributed by atoms with Gasteiger partial charge in [-0.25, -0.2) is 4.98 Å². The average molecular weight is 314 g/mol. The van der Waals surface area contributed by atoms with E-state index in [9.17, 15) is 0 Å². The van der Waals surface area contributed by atoms with Crippen molar-refractivity contribution >= 4 is 11.8 Å². The Morgan fingerprint density at radius 3 is 2.96 bits per heavy atom. The molecular formula is C15H22N8. The van der Waals surface area contributed by atoms with E-state index in [4.69, 9.17) is 9.97 Å². The number of rotatable bonds is 6. The smallest absolute Gasteiger partial charge is 0.225 e. The van der Waals surface area contributed by atoms with Gasteiger partial charge in [-0.15, -0.1) is 5.10 Å². The molecule has 122 valence electrons. The Labute approximate surface area is 135 Å². The number of nitrogens with one attached hydrogen (secondary N) is 3. The average Bonchev–Trinajstić information content (AvgIpc) is 3.27. The normalized spacial score (nSPS) is 17.4. The van der Waals surface area contributed by atoms with E-state index < -0.39 is 0 Å². The third-order valence-corrected chi connectivity index (χ3v) is 4.20. The van der Waals surface area contributed by atoms with Gasteiger partial charge >= 0.3 is 0 Å². The molecule has 0 saturated heterocycles. The van der Waals surface area contributed by atoms with Gasteiger partial charge in [0.25, 0.3) is 0 Å². The highest BCUT2D eigenvalue weighted by Crippen LogP contribution is 2.26. The second-order valence-corrected chi connectivity index (χ2v) is 6.08. The Balaban J connectivity index is 1.52. The molecular weight excluding hydrogens is 292 g/mol. The summed E-state index contributed by atoms with van der Waals surface area (Å²) in [5, 5.41) is 18.1. The molecule has 1 saturated carbocycles. The molecule has 0 atom stereocenters. The summed E-state index contributed by atoms with van der Waals surface area (Å²) < 4.78 is 1.82. The molecule has 0 aromatic carbocycles. The molecule has 3 heterocycles. The van der Waals surface area contributed by atoms with E-state index in [1.165, 1.54) is 18.4 Å². The lowest BCUT2D eigenvalue weighted by Gasteiger charge is -2.15. The minimum absolute atomic E-state index is 0.556. The molecule has 0 unspecified atom stereocenters. The molecule has 8 nitrogen and oxygen atoms in total. The summed E-state index contributed by atoms with van der Waals surface area (Å²) in [6, 6.07) is 0.556. The lowest BCUT2D eigenvalue weighted by Crippen LogP contribution is -2.17. The van der Waals surface area contributed by atoms with E-state index >= 15 is 0 Å². The topological polar surface area (TPSA) is 92.6 Å².